The molecule has 4 heteroatoms. The summed E-state index contributed by atoms with van der Waals surface area (Å²) >= 11 is 0. The van der Waals surface area contributed by atoms with Crippen LogP contribution in [0.4, 0.5) is 4.79 Å². The van der Waals surface area contributed by atoms with E-state index in [9.17, 15) is 4.79 Å². The third kappa shape index (κ3) is 3.54. The SMILES string of the molecule is CN(C)C(=O)NCC1CCC(N)CC1. The zero-order valence-electron chi connectivity index (χ0n) is 9.12. The fourth-order valence-corrected chi connectivity index (χ4v) is 1.78. The number of hydrogen-bond donors (Lipinski definition) is 2. The summed E-state index contributed by atoms with van der Waals surface area (Å²) in [5.74, 6) is 0.624. The van der Waals surface area contributed by atoms with Gasteiger partial charge in [0.2, 0.25) is 0 Å². The molecule has 1 aliphatic rings. The highest BCUT2D eigenvalue weighted by Gasteiger charge is 2.18. The first-order chi connectivity index (χ1) is 6.59. The van der Waals surface area contributed by atoms with Crippen molar-refractivity contribution in [3.8, 4) is 0 Å². The van der Waals surface area contributed by atoms with Gasteiger partial charge in [-0.25, -0.2) is 4.79 Å². The maximum atomic E-state index is 11.2. The Bertz CT molecular complexity index is 186. The molecule has 0 aromatic rings. The maximum Gasteiger partial charge on any atom is 0.316 e. The smallest absolute Gasteiger partial charge is 0.316 e. The lowest BCUT2D eigenvalue weighted by Crippen LogP contribution is -2.39. The Balaban J connectivity index is 2.16. The van der Waals surface area contributed by atoms with Crippen LogP contribution in [-0.4, -0.2) is 37.6 Å². The van der Waals surface area contributed by atoms with Crippen molar-refractivity contribution in [2.75, 3.05) is 20.6 Å². The number of rotatable bonds is 2. The summed E-state index contributed by atoms with van der Waals surface area (Å²) in [6, 6.07) is 0.385. The van der Waals surface area contributed by atoms with Gasteiger partial charge in [0.1, 0.15) is 0 Å². The lowest BCUT2D eigenvalue weighted by atomic mass is 9.86. The minimum atomic E-state index is -0.000119. The molecule has 0 radical (unpaired) electrons. The number of nitrogens with zero attached hydrogens (tertiary/aromatic N) is 1. The van der Waals surface area contributed by atoms with Crippen molar-refractivity contribution in [2.45, 2.75) is 31.7 Å². The Labute approximate surface area is 85.8 Å². The summed E-state index contributed by atoms with van der Waals surface area (Å²) in [6.45, 7) is 0.795. The van der Waals surface area contributed by atoms with Crippen molar-refractivity contribution in [3.63, 3.8) is 0 Å². The van der Waals surface area contributed by atoms with Gasteiger partial charge in [-0.2, -0.15) is 0 Å². The third-order valence-electron chi connectivity index (χ3n) is 2.84. The predicted molar refractivity (Wildman–Crippen MR) is 57.0 cm³/mol. The van der Waals surface area contributed by atoms with Gasteiger partial charge in [-0.15, -0.1) is 0 Å². The molecule has 0 bridgehead atoms. The highest BCUT2D eigenvalue weighted by atomic mass is 16.2. The van der Waals surface area contributed by atoms with Crippen molar-refractivity contribution in [2.24, 2.45) is 11.7 Å². The fraction of sp³-hybridized carbons (Fsp3) is 0.900. The van der Waals surface area contributed by atoms with E-state index in [1.54, 1.807) is 19.0 Å². The third-order valence-corrected chi connectivity index (χ3v) is 2.84. The topological polar surface area (TPSA) is 58.4 Å². The molecule has 0 heterocycles. The number of hydrogen-bond acceptors (Lipinski definition) is 2. The van der Waals surface area contributed by atoms with Crippen LogP contribution < -0.4 is 11.1 Å². The van der Waals surface area contributed by atoms with E-state index in [-0.39, 0.29) is 6.03 Å². The quantitative estimate of drug-likeness (QED) is 0.690. The molecule has 1 aliphatic carbocycles. The van der Waals surface area contributed by atoms with Crippen LogP contribution in [0.1, 0.15) is 25.7 Å². The molecule has 82 valence electrons. The number of nitrogens with one attached hydrogen (secondary N) is 1. The van der Waals surface area contributed by atoms with Crippen LogP contribution >= 0.6 is 0 Å². The van der Waals surface area contributed by atoms with Gasteiger partial charge in [0.15, 0.2) is 0 Å². The minimum absolute atomic E-state index is 0.000119. The fourth-order valence-electron chi connectivity index (χ4n) is 1.78. The molecular formula is C10H21N3O. The van der Waals surface area contributed by atoms with Crippen molar-refractivity contribution in [1.29, 1.82) is 0 Å². The molecule has 0 aromatic heterocycles. The largest absolute Gasteiger partial charge is 0.338 e. The second kappa shape index (κ2) is 5.20. The first kappa shape index (κ1) is 11.3. The zero-order valence-corrected chi connectivity index (χ0v) is 9.12. The Kier molecular flexibility index (Phi) is 4.20. The second-order valence-electron chi connectivity index (χ2n) is 4.36. The molecule has 1 fully saturated rings. The molecule has 1 saturated carbocycles. The van der Waals surface area contributed by atoms with Gasteiger partial charge in [0.25, 0.3) is 0 Å². The Hall–Kier alpha value is -0.770. The predicted octanol–water partition coefficient (Wildman–Crippen LogP) is 0.775. The van der Waals surface area contributed by atoms with Gasteiger partial charge in [-0.1, -0.05) is 0 Å². The standard InChI is InChI=1S/C10H21N3O/c1-13(2)10(14)12-7-8-3-5-9(11)6-4-8/h8-9H,3-7,11H2,1-2H3,(H,12,14). The van der Waals surface area contributed by atoms with Crippen molar-refractivity contribution < 1.29 is 4.79 Å². The lowest BCUT2D eigenvalue weighted by Gasteiger charge is -2.26. The van der Waals surface area contributed by atoms with Gasteiger partial charge in [0.05, 0.1) is 0 Å². The van der Waals surface area contributed by atoms with E-state index >= 15 is 0 Å². The zero-order chi connectivity index (χ0) is 10.6. The van der Waals surface area contributed by atoms with E-state index < -0.39 is 0 Å². The molecule has 0 spiro atoms. The molecule has 1 rings (SSSR count). The van der Waals surface area contributed by atoms with Gasteiger partial charge in [-0.3, -0.25) is 0 Å². The summed E-state index contributed by atoms with van der Waals surface area (Å²) < 4.78 is 0. The summed E-state index contributed by atoms with van der Waals surface area (Å²) in [5.41, 5.74) is 5.81. The Morgan fingerprint density at radius 3 is 2.43 bits per heavy atom. The van der Waals surface area contributed by atoms with Crippen molar-refractivity contribution >= 4 is 6.03 Å². The molecule has 14 heavy (non-hydrogen) atoms. The number of amides is 2. The van der Waals surface area contributed by atoms with E-state index in [2.05, 4.69) is 5.32 Å². The van der Waals surface area contributed by atoms with Crippen LogP contribution in [0, 0.1) is 5.92 Å². The Morgan fingerprint density at radius 2 is 1.93 bits per heavy atom. The first-order valence-electron chi connectivity index (χ1n) is 5.30. The van der Waals surface area contributed by atoms with E-state index in [1.807, 2.05) is 0 Å². The lowest BCUT2D eigenvalue weighted by molar-refractivity contribution is 0.212. The van der Waals surface area contributed by atoms with Crippen LogP contribution in [0.2, 0.25) is 0 Å². The summed E-state index contributed by atoms with van der Waals surface area (Å²) in [6.07, 6.45) is 4.49. The molecule has 0 aliphatic heterocycles. The molecule has 0 atom stereocenters. The van der Waals surface area contributed by atoms with Gasteiger partial charge in [-0.05, 0) is 31.6 Å². The van der Waals surface area contributed by atoms with Crippen LogP contribution in [0.25, 0.3) is 0 Å². The molecule has 0 aromatic carbocycles. The van der Waals surface area contributed by atoms with Gasteiger partial charge in [0, 0.05) is 26.7 Å². The normalized spacial score (nSPS) is 27.1. The molecule has 4 nitrogen and oxygen atoms in total. The number of carbonyl (C=O) groups is 1. The molecule has 0 saturated heterocycles. The molecule has 2 amide bonds. The minimum Gasteiger partial charge on any atom is -0.338 e. The van der Waals surface area contributed by atoms with E-state index in [0.29, 0.717) is 12.0 Å². The maximum absolute atomic E-state index is 11.2. The van der Waals surface area contributed by atoms with Gasteiger partial charge < -0.3 is 16.0 Å². The van der Waals surface area contributed by atoms with Crippen LogP contribution in [0.3, 0.4) is 0 Å². The second-order valence-corrected chi connectivity index (χ2v) is 4.36. The highest BCUT2D eigenvalue weighted by Crippen LogP contribution is 2.22. The summed E-state index contributed by atoms with van der Waals surface area (Å²) in [5, 5.41) is 2.91. The van der Waals surface area contributed by atoms with Crippen LogP contribution in [-0.2, 0) is 0 Å². The highest BCUT2D eigenvalue weighted by molar-refractivity contribution is 5.73. The Morgan fingerprint density at radius 1 is 1.36 bits per heavy atom. The number of nitrogens with two attached hydrogens (primary N) is 1. The number of carbonyl (C=O) groups excluding carboxylic acids is 1. The van der Waals surface area contributed by atoms with E-state index in [4.69, 9.17) is 5.73 Å². The molecule has 3 N–H and O–H groups in total. The van der Waals surface area contributed by atoms with Crippen LogP contribution in [0.15, 0.2) is 0 Å². The molecule has 0 unspecified atom stereocenters. The first-order valence-corrected chi connectivity index (χ1v) is 5.30. The summed E-state index contributed by atoms with van der Waals surface area (Å²) in [7, 11) is 3.51. The monoisotopic (exact) mass is 199 g/mol. The van der Waals surface area contributed by atoms with E-state index in [0.717, 1.165) is 32.2 Å². The van der Waals surface area contributed by atoms with Crippen molar-refractivity contribution in [3.05, 3.63) is 0 Å². The summed E-state index contributed by atoms with van der Waals surface area (Å²) in [4.78, 5) is 12.8. The van der Waals surface area contributed by atoms with Crippen LogP contribution in [0.5, 0.6) is 0 Å². The molecular weight excluding hydrogens is 178 g/mol. The average Bonchev–Trinajstić information content (AvgIpc) is 2.16. The number of urea groups is 1. The van der Waals surface area contributed by atoms with Crippen molar-refractivity contribution in [1.82, 2.24) is 10.2 Å². The van der Waals surface area contributed by atoms with Gasteiger partial charge >= 0.3 is 6.03 Å². The average molecular weight is 199 g/mol. The van der Waals surface area contributed by atoms with E-state index in [1.165, 1.54) is 0 Å².